The molecule has 1 aliphatic carbocycles. The molecule has 1 nitrogen and oxygen atoms in total. The van der Waals surface area contributed by atoms with Gasteiger partial charge in [0, 0.05) is 18.5 Å². The van der Waals surface area contributed by atoms with Gasteiger partial charge in [0.2, 0.25) is 0 Å². The summed E-state index contributed by atoms with van der Waals surface area (Å²) >= 11 is 5.68. The fourth-order valence-electron chi connectivity index (χ4n) is 1.59. The summed E-state index contributed by atoms with van der Waals surface area (Å²) in [4.78, 5) is 2.60. The third-order valence-electron chi connectivity index (χ3n) is 2.24. The Morgan fingerprint density at radius 1 is 1.42 bits per heavy atom. The summed E-state index contributed by atoms with van der Waals surface area (Å²) < 4.78 is 0. The molecule has 0 radical (unpaired) electrons. The van der Waals surface area contributed by atoms with E-state index < -0.39 is 0 Å². The van der Waals surface area contributed by atoms with E-state index in [1.54, 1.807) is 0 Å². The van der Waals surface area contributed by atoms with Crippen LogP contribution in [0.2, 0.25) is 0 Å². The Balaban J connectivity index is 2.18. The summed E-state index contributed by atoms with van der Waals surface area (Å²) in [7, 11) is 0. The number of halogens is 1. The number of rotatable bonds is 6. The molecule has 0 aromatic carbocycles. The van der Waals surface area contributed by atoms with Gasteiger partial charge in [-0.15, -0.1) is 11.6 Å². The zero-order valence-electron chi connectivity index (χ0n) is 8.22. The highest BCUT2D eigenvalue weighted by Gasteiger charge is 2.28. The average Bonchev–Trinajstić information content (AvgIpc) is 2.79. The van der Waals surface area contributed by atoms with E-state index >= 15 is 0 Å². The molecule has 0 heterocycles. The monoisotopic (exact) mass is 189 g/mol. The lowest BCUT2D eigenvalue weighted by molar-refractivity contribution is 0.235. The van der Waals surface area contributed by atoms with Crippen LogP contribution in [0.5, 0.6) is 0 Å². The minimum absolute atomic E-state index is 0.793. The third-order valence-corrected chi connectivity index (χ3v) is 2.51. The highest BCUT2D eigenvalue weighted by Crippen LogP contribution is 2.27. The van der Waals surface area contributed by atoms with Gasteiger partial charge in [0.15, 0.2) is 0 Å². The van der Waals surface area contributed by atoms with Crippen molar-refractivity contribution in [2.75, 3.05) is 19.0 Å². The van der Waals surface area contributed by atoms with E-state index in [9.17, 15) is 0 Å². The summed E-state index contributed by atoms with van der Waals surface area (Å²) in [6.45, 7) is 7.03. The first-order chi connectivity index (χ1) is 5.74. The van der Waals surface area contributed by atoms with Gasteiger partial charge in [-0.1, -0.05) is 13.8 Å². The van der Waals surface area contributed by atoms with E-state index in [1.807, 2.05) is 0 Å². The minimum Gasteiger partial charge on any atom is -0.300 e. The molecule has 12 heavy (non-hydrogen) atoms. The molecule has 1 fully saturated rings. The van der Waals surface area contributed by atoms with Gasteiger partial charge in [-0.2, -0.15) is 0 Å². The lowest BCUT2D eigenvalue weighted by Gasteiger charge is -2.23. The second kappa shape index (κ2) is 5.08. The minimum atomic E-state index is 0.793. The Morgan fingerprint density at radius 3 is 2.50 bits per heavy atom. The molecule has 72 valence electrons. The van der Waals surface area contributed by atoms with Crippen LogP contribution in [-0.4, -0.2) is 29.9 Å². The molecule has 0 spiro atoms. The van der Waals surface area contributed by atoms with Crippen LogP contribution in [-0.2, 0) is 0 Å². The Kier molecular flexibility index (Phi) is 4.38. The number of hydrogen-bond donors (Lipinski definition) is 0. The molecular formula is C10H20ClN. The predicted molar refractivity (Wildman–Crippen MR) is 54.8 cm³/mol. The quantitative estimate of drug-likeness (QED) is 0.581. The van der Waals surface area contributed by atoms with Gasteiger partial charge in [0.25, 0.3) is 0 Å². The van der Waals surface area contributed by atoms with Crippen molar-refractivity contribution < 1.29 is 0 Å². The summed E-state index contributed by atoms with van der Waals surface area (Å²) in [5.74, 6) is 1.60. The topological polar surface area (TPSA) is 3.24 Å². The first-order valence-corrected chi connectivity index (χ1v) is 5.57. The number of alkyl halides is 1. The summed E-state index contributed by atoms with van der Waals surface area (Å²) in [5.41, 5.74) is 0. The van der Waals surface area contributed by atoms with E-state index in [0.717, 1.165) is 24.3 Å². The highest BCUT2D eigenvalue weighted by molar-refractivity contribution is 6.17. The van der Waals surface area contributed by atoms with E-state index in [1.165, 1.54) is 25.9 Å². The number of nitrogens with zero attached hydrogens (tertiary/aromatic N) is 1. The van der Waals surface area contributed by atoms with Crippen LogP contribution < -0.4 is 0 Å². The first kappa shape index (κ1) is 10.3. The normalized spacial score (nSPS) is 17.8. The van der Waals surface area contributed by atoms with Gasteiger partial charge in [0.1, 0.15) is 0 Å². The Bertz CT molecular complexity index is 121. The van der Waals surface area contributed by atoms with Crippen LogP contribution in [0.3, 0.4) is 0 Å². The summed E-state index contributed by atoms with van der Waals surface area (Å²) in [6.07, 6.45) is 3.97. The first-order valence-electron chi connectivity index (χ1n) is 5.04. The van der Waals surface area contributed by atoms with Crippen LogP contribution in [0, 0.1) is 5.92 Å². The lowest BCUT2D eigenvalue weighted by atomic mass is 10.2. The maximum absolute atomic E-state index is 5.68. The Hall–Kier alpha value is 0.250. The molecule has 0 amide bonds. The van der Waals surface area contributed by atoms with Crippen LogP contribution in [0.1, 0.15) is 33.1 Å². The molecule has 0 bridgehead atoms. The zero-order chi connectivity index (χ0) is 8.97. The van der Waals surface area contributed by atoms with Crippen molar-refractivity contribution in [3.8, 4) is 0 Å². The fraction of sp³-hybridized carbons (Fsp3) is 1.00. The van der Waals surface area contributed by atoms with Gasteiger partial charge >= 0.3 is 0 Å². The van der Waals surface area contributed by atoms with Crippen molar-refractivity contribution in [3.63, 3.8) is 0 Å². The van der Waals surface area contributed by atoms with Crippen molar-refractivity contribution in [2.45, 2.75) is 39.2 Å². The van der Waals surface area contributed by atoms with Gasteiger partial charge in [-0.05, 0) is 31.7 Å². The molecule has 0 aliphatic heterocycles. The molecule has 0 atom stereocenters. The standard InChI is InChI=1S/C10H20ClN/c1-9(2)8-12(7-3-6-11)10-4-5-10/h9-10H,3-8H2,1-2H3. The van der Waals surface area contributed by atoms with E-state index in [4.69, 9.17) is 11.6 Å². The van der Waals surface area contributed by atoms with Crippen LogP contribution >= 0.6 is 11.6 Å². The molecule has 0 unspecified atom stereocenters. The molecule has 1 saturated carbocycles. The molecule has 2 heteroatoms. The zero-order valence-corrected chi connectivity index (χ0v) is 8.98. The Morgan fingerprint density at radius 2 is 2.08 bits per heavy atom. The smallest absolute Gasteiger partial charge is 0.0235 e. The molecule has 0 aromatic rings. The lowest BCUT2D eigenvalue weighted by Crippen LogP contribution is -2.31. The van der Waals surface area contributed by atoms with Crippen LogP contribution in [0.15, 0.2) is 0 Å². The van der Waals surface area contributed by atoms with Crippen molar-refractivity contribution in [2.24, 2.45) is 5.92 Å². The fourth-order valence-corrected chi connectivity index (χ4v) is 1.71. The molecule has 0 N–H and O–H groups in total. The van der Waals surface area contributed by atoms with Crippen molar-refractivity contribution in [1.82, 2.24) is 4.90 Å². The van der Waals surface area contributed by atoms with E-state index in [2.05, 4.69) is 18.7 Å². The van der Waals surface area contributed by atoms with Crippen LogP contribution in [0.25, 0.3) is 0 Å². The van der Waals surface area contributed by atoms with Crippen molar-refractivity contribution >= 4 is 11.6 Å². The highest BCUT2D eigenvalue weighted by atomic mass is 35.5. The molecule has 0 aromatic heterocycles. The Labute approximate surface area is 81.1 Å². The molecule has 1 rings (SSSR count). The average molecular weight is 190 g/mol. The van der Waals surface area contributed by atoms with Crippen molar-refractivity contribution in [1.29, 1.82) is 0 Å². The largest absolute Gasteiger partial charge is 0.300 e. The second-order valence-corrected chi connectivity index (χ2v) is 4.54. The van der Waals surface area contributed by atoms with Gasteiger partial charge in [-0.25, -0.2) is 0 Å². The summed E-state index contributed by atoms with van der Waals surface area (Å²) in [6, 6.07) is 0.899. The predicted octanol–water partition coefficient (Wildman–Crippen LogP) is 2.74. The molecule has 0 saturated heterocycles. The van der Waals surface area contributed by atoms with Crippen molar-refractivity contribution in [3.05, 3.63) is 0 Å². The molecule has 1 aliphatic rings. The maximum atomic E-state index is 5.68. The second-order valence-electron chi connectivity index (χ2n) is 4.16. The van der Waals surface area contributed by atoms with E-state index in [-0.39, 0.29) is 0 Å². The third kappa shape index (κ3) is 3.77. The van der Waals surface area contributed by atoms with Crippen LogP contribution in [0.4, 0.5) is 0 Å². The SMILES string of the molecule is CC(C)CN(CCCCl)C1CC1. The maximum Gasteiger partial charge on any atom is 0.0235 e. The van der Waals surface area contributed by atoms with Gasteiger partial charge < -0.3 is 4.90 Å². The summed E-state index contributed by atoms with van der Waals surface area (Å²) in [5, 5.41) is 0. The van der Waals surface area contributed by atoms with Gasteiger partial charge in [0.05, 0.1) is 0 Å². The van der Waals surface area contributed by atoms with Gasteiger partial charge in [-0.3, -0.25) is 0 Å². The van der Waals surface area contributed by atoms with E-state index in [0.29, 0.717) is 0 Å². The molecular weight excluding hydrogens is 170 g/mol. The number of hydrogen-bond acceptors (Lipinski definition) is 1.